The molecule has 0 spiro atoms. The minimum absolute atomic E-state index is 0.103. The van der Waals surface area contributed by atoms with Crippen molar-refractivity contribution < 1.29 is 19.4 Å². The molecule has 5 fully saturated rings. The van der Waals surface area contributed by atoms with Crippen LogP contribution in [0.15, 0.2) is 41.3 Å². The number of amides is 2. The Bertz CT molecular complexity index is 1170. The van der Waals surface area contributed by atoms with Crippen LogP contribution in [0.1, 0.15) is 49.7 Å². The first-order chi connectivity index (χ1) is 15.9. The molecule has 1 aliphatic heterocycles. The van der Waals surface area contributed by atoms with Gasteiger partial charge in [-0.25, -0.2) is 0 Å². The van der Waals surface area contributed by atoms with Crippen LogP contribution in [-0.2, 0) is 10.2 Å². The maximum absolute atomic E-state index is 11.9. The Morgan fingerprint density at radius 2 is 1.73 bits per heavy atom. The molecule has 0 aromatic heterocycles. The van der Waals surface area contributed by atoms with Gasteiger partial charge in [0.15, 0.2) is 0 Å². The van der Waals surface area contributed by atoms with Crippen LogP contribution in [-0.4, -0.2) is 23.4 Å². The van der Waals surface area contributed by atoms with E-state index in [1.807, 2.05) is 30.3 Å². The first-order valence-electron chi connectivity index (χ1n) is 11.7. The second kappa shape index (κ2) is 7.66. The number of hydrogen-bond donors (Lipinski definition) is 2. The van der Waals surface area contributed by atoms with E-state index in [1.165, 1.54) is 38.5 Å². The number of hydrogen-bond acceptors (Lipinski definition) is 5. The lowest BCUT2D eigenvalue weighted by atomic mass is 9.48. The average Bonchev–Trinajstić information content (AvgIpc) is 3.09. The quantitative estimate of drug-likeness (QED) is 0.558. The van der Waals surface area contributed by atoms with Crippen LogP contribution in [0.25, 0.3) is 17.2 Å². The number of phenolic OH excluding ortho intramolecular Hbond substituents is 1. The van der Waals surface area contributed by atoms with Crippen LogP contribution in [0.5, 0.6) is 11.5 Å². The van der Waals surface area contributed by atoms with Crippen molar-refractivity contribution in [1.29, 1.82) is 0 Å². The highest BCUT2D eigenvalue weighted by Gasteiger charge is 2.52. The van der Waals surface area contributed by atoms with Crippen LogP contribution in [0.3, 0.4) is 0 Å². The Morgan fingerprint density at radius 1 is 1.03 bits per heavy atom. The largest absolute Gasteiger partial charge is 0.508 e. The zero-order valence-corrected chi connectivity index (χ0v) is 19.4. The SMILES string of the molecule is COc1cc(C=C2SC(=O)NC2=O)ccc1-c1ccc(O)c(C23CC4CC(CC(C4)C2)C3)c1. The lowest BCUT2D eigenvalue weighted by Gasteiger charge is -2.57. The third-order valence-electron chi connectivity index (χ3n) is 8.08. The summed E-state index contributed by atoms with van der Waals surface area (Å²) >= 11 is 0.906. The third-order valence-corrected chi connectivity index (χ3v) is 8.89. The molecule has 0 radical (unpaired) electrons. The van der Waals surface area contributed by atoms with Gasteiger partial charge >= 0.3 is 0 Å². The number of thioether (sulfide) groups is 1. The van der Waals surface area contributed by atoms with Gasteiger partial charge < -0.3 is 9.84 Å². The van der Waals surface area contributed by atoms with Gasteiger partial charge in [-0.05, 0) is 109 Å². The molecule has 0 unspecified atom stereocenters. The second-order valence-electron chi connectivity index (χ2n) is 10.2. The Kier molecular flexibility index (Phi) is 4.84. The van der Waals surface area contributed by atoms with Gasteiger partial charge in [0.1, 0.15) is 11.5 Å². The van der Waals surface area contributed by atoms with Crippen LogP contribution < -0.4 is 10.1 Å². The van der Waals surface area contributed by atoms with Crippen LogP contribution in [0, 0.1) is 17.8 Å². The fourth-order valence-electron chi connectivity index (χ4n) is 7.18. The summed E-state index contributed by atoms with van der Waals surface area (Å²) < 4.78 is 5.71. The Morgan fingerprint density at radius 3 is 2.33 bits per heavy atom. The number of nitrogens with one attached hydrogen (secondary N) is 1. The number of ether oxygens (including phenoxy) is 1. The van der Waals surface area contributed by atoms with E-state index in [4.69, 9.17) is 4.74 Å². The summed E-state index contributed by atoms with van der Waals surface area (Å²) in [5.41, 5.74) is 3.97. The molecule has 5 aliphatic rings. The minimum Gasteiger partial charge on any atom is -0.508 e. The zero-order valence-electron chi connectivity index (χ0n) is 18.6. The predicted molar refractivity (Wildman–Crippen MR) is 129 cm³/mol. The van der Waals surface area contributed by atoms with Crippen molar-refractivity contribution in [2.45, 2.75) is 43.9 Å². The van der Waals surface area contributed by atoms with E-state index in [2.05, 4.69) is 11.4 Å². The molecule has 2 aromatic carbocycles. The fraction of sp³-hybridized carbons (Fsp3) is 0.407. The first-order valence-corrected chi connectivity index (χ1v) is 12.5. The number of phenols is 1. The number of carbonyl (C=O) groups is 2. The standard InChI is InChI=1S/C27H27NO4S/c1-32-23-9-15(10-24-25(30)28-26(31)33-24)2-4-20(23)19-3-5-22(29)21(11-19)27-12-16-6-17(13-27)8-18(7-16)14-27/h2-5,9-11,16-18,29H,6-8,12-14H2,1H3,(H,28,30,31). The van der Waals surface area contributed by atoms with E-state index >= 15 is 0 Å². The summed E-state index contributed by atoms with van der Waals surface area (Å²) in [7, 11) is 1.64. The number of rotatable bonds is 4. The van der Waals surface area contributed by atoms with Crippen molar-refractivity contribution in [1.82, 2.24) is 5.32 Å². The molecule has 4 saturated carbocycles. The Balaban J connectivity index is 1.37. The zero-order chi connectivity index (χ0) is 22.7. The molecular weight excluding hydrogens is 434 g/mol. The first kappa shape index (κ1) is 20.8. The van der Waals surface area contributed by atoms with Crippen molar-refractivity contribution >= 4 is 29.0 Å². The normalized spacial score (nSPS) is 31.3. The van der Waals surface area contributed by atoms with Crippen molar-refractivity contribution in [3.8, 4) is 22.6 Å². The lowest BCUT2D eigenvalue weighted by molar-refractivity contribution is -0.115. The van der Waals surface area contributed by atoms with E-state index < -0.39 is 0 Å². The number of carbonyl (C=O) groups excluding carboxylic acids is 2. The van der Waals surface area contributed by atoms with E-state index in [1.54, 1.807) is 13.2 Å². The monoisotopic (exact) mass is 461 g/mol. The lowest BCUT2D eigenvalue weighted by Crippen LogP contribution is -2.48. The summed E-state index contributed by atoms with van der Waals surface area (Å²) in [6.45, 7) is 0. The fourth-order valence-corrected chi connectivity index (χ4v) is 7.86. The van der Waals surface area contributed by atoms with Gasteiger partial charge in [0.2, 0.25) is 0 Å². The van der Waals surface area contributed by atoms with Crippen molar-refractivity contribution in [2.24, 2.45) is 17.8 Å². The van der Waals surface area contributed by atoms with E-state index in [0.29, 0.717) is 16.4 Å². The molecule has 1 saturated heterocycles. The molecule has 33 heavy (non-hydrogen) atoms. The molecule has 5 nitrogen and oxygen atoms in total. The highest BCUT2D eigenvalue weighted by molar-refractivity contribution is 8.18. The molecule has 0 atom stereocenters. The predicted octanol–water partition coefficient (Wildman–Crippen LogP) is 5.86. The maximum atomic E-state index is 11.9. The number of benzene rings is 2. The number of aromatic hydroxyl groups is 1. The summed E-state index contributed by atoms with van der Waals surface area (Å²) in [6.07, 6.45) is 9.38. The number of methoxy groups -OCH3 is 1. The molecule has 6 heteroatoms. The number of imide groups is 1. The molecule has 7 rings (SSSR count). The topological polar surface area (TPSA) is 75.6 Å². The smallest absolute Gasteiger partial charge is 0.290 e. The molecule has 2 aromatic rings. The maximum Gasteiger partial charge on any atom is 0.290 e. The van der Waals surface area contributed by atoms with Gasteiger partial charge in [-0.2, -0.15) is 0 Å². The van der Waals surface area contributed by atoms with Crippen molar-refractivity contribution in [3.63, 3.8) is 0 Å². The Labute approximate surface area is 197 Å². The van der Waals surface area contributed by atoms with Crippen molar-refractivity contribution in [3.05, 3.63) is 52.4 Å². The van der Waals surface area contributed by atoms with E-state index in [9.17, 15) is 14.7 Å². The molecule has 2 N–H and O–H groups in total. The van der Waals surface area contributed by atoms with Gasteiger partial charge in [0.05, 0.1) is 12.0 Å². The second-order valence-corrected chi connectivity index (χ2v) is 11.3. The molecule has 4 bridgehead atoms. The highest BCUT2D eigenvalue weighted by atomic mass is 32.2. The van der Waals surface area contributed by atoms with Crippen molar-refractivity contribution in [2.75, 3.05) is 7.11 Å². The van der Waals surface area contributed by atoms with Gasteiger partial charge in [-0.3, -0.25) is 14.9 Å². The molecular formula is C27H27NO4S. The average molecular weight is 462 g/mol. The van der Waals surface area contributed by atoms with Crippen LogP contribution in [0.4, 0.5) is 4.79 Å². The van der Waals surface area contributed by atoms with E-state index in [-0.39, 0.29) is 16.6 Å². The summed E-state index contributed by atoms with van der Waals surface area (Å²) in [5.74, 6) is 3.15. The third kappa shape index (κ3) is 3.55. The van der Waals surface area contributed by atoms with Gasteiger partial charge in [-0.1, -0.05) is 18.2 Å². The highest BCUT2D eigenvalue weighted by Crippen LogP contribution is 2.62. The molecule has 170 valence electrons. The van der Waals surface area contributed by atoms with E-state index in [0.717, 1.165) is 51.8 Å². The molecule has 4 aliphatic carbocycles. The van der Waals surface area contributed by atoms with Crippen LogP contribution in [0.2, 0.25) is 0 Å². The summed E-state index contributed by atoms with van der Waals surface area (Å²) in [6, 6.07) is 11.8. The Hall–Kier alpha value is -2.73. The minimum atomic E-state index is -0.369. The molecule has 1 heterocycles. The van der Waals surface area contributed by atoms with Crippen LogP contribution >= 0.6 is 11.8 Å². The van der Waals surface area contributed by atoms with Gasteiger partial charge in [0.25, 0.3) is 11.1 Å². The molecule has 2 amide bonds. The van der Waals surface area contributed by atoms with Gasteiger partial charge in [-0.15, -0.1) is 0 Å². The summed E-state index contributed by atoms with van der Waals surface area (Å²) in [4.78, 5) is 23.7. The summed E-state index contributed by atoms with van der Waals surface area (Å²) in [5, 5.41) is 12.8. The van der Waals surface area contributed by atoms with Gasteiger partial charge in [0, 0.05) is 11.1 Å².